The molecule has 2 heterocycles. The Balaban J connectivity index is 1.26. The van der Waals surface area contributed by atoms with E-state index in [4.69, 9.17) is 0 Å². The van der Waals surface area contributed by atoms with Crippen LogP contribution in [0.1, 0.15) is 52.1 Å². The van der Waals surface area contributed by atoms with Gasteiger partial charge in [-0.05, 0) is 41.8 Å². The standard InChI is InChI=1S/C29H35N5O4S2/c1-3-25(18-35)30-16-21-7-9-23(10-8-21)27(37)32-29-31-17-26(40-29)39-19-22-5-4-6-24(15-22)28(38)34-13-11-33(12-14-34)20(2)36/h4-10,15,17,25,30,35H,3,11-14,16,18-19H2,1-2H3,(H,31,32,37)/t25-/m0/s1. The number of thioether (sulfide) groups is 1. The molecule has 0 saturated carbocycles. The van der Waals surface area contributed by atoms with Crippen LogP contribution < -0.4 is 10.6 Å². The average Bonchev–Trinajstić information content (AvgIpc) is 3.43. The van der Waals surface area contributed by atoms with Crippen molar-refractivity contribution < 1.29 is 19.5 Å². The van der Waals surface area contributed by atoms with Gasteiger partial charge in [0.15, 0.2) is 5.13 Å². The summed E-state index contributed by atoms with van der Waals surface area (Å²) in [6, 6.07) is 15.1. The van der Waals surface area contributed by atoms with Crippen molar-refractivity contribution in [2.45, 2.75) is 42.8 Å². The lowest BCUT2D eigenvalue weighted by molar-refractivity contribution is -0.130. The summed E-state index contributed by atoms with van der Waals surface area (Å²) in [5.74, 6) is 0.471. The van der Waals surface area contributed by atoms with Gasteiger partial charge >= 0.3 is 0 Å². The zero-order chi connectivity index (χ0) is 28.5. The van der Waals surface area contributed by atoms with Gasteiger partial charge in [0.2, 0.25) is 5.91 Å². The van der Waals surface area contributed by atoms with Gasteiger partial charge in [0, 0.05) is 62.6 Å². The van der Waals surface area contributed by atoms with E-state index in [1.54, 1.807) is 46.8 Å². The molecule has 3 amide bonds. The number of nitrogens with one attached hydrogen (secondary N) is 2. The first-order valence-corrected chi connectivity index (χ1v) is 15.1. The van der Waals surface area contributed by atoms with Crippen LogP contribution in [0.4, 0.5) is 5.13 Å². The SMILES string of the molecule is CC[C@@H](CO)NCc1ccc(C(=O)Nc2ncc(SCc3cccc(C(=O)N4CCN(C(C)=O)CC4)c3)s2)cc1. The topological polar surface area (TPSA) is 115 Å². The van der Waals surface area contributed by atoms with Crippen molar-refractivity contribution >= 4 is 46.0 Å². The second-order valence-electron chi connectivity index (χ2n) is 9.59. The van der Waals surface area contributed by atoms with Crippen LogP contribution in [0.5, 0.6) is 0 Å². The number of piperazine rings is 1. The number of carbonyl (C=O) groups excluding carboxylic acids is 3. The maximum atomic E-state index is 13.0. The predicted octanol–water partition coefficient (Wildman–Crippen LogP) is 3.85. The van der Waals surface area contributed by atoms with Gasteiger partial charge in [0.1, 0.15) is 0 Å². The number of benzene rings is 2. The minimum Gasteiger partial charge on any atom is -0.395 e. The molecule has 0 radical (unpaired) electrons. The van der Waals surface area contributed by atoms with E-state index in [1.165, 1.54) is 11.3 Å². The van der Waals surface area contributed by atoms with E-state index >= 15 is 0 Å². The average molecular weight is 582 g/mol. The summed E-state index contributed by atoms with van der Waals surface area (Å²) >= 11 is 3.01. The van der Waals surface area contributed by atoms with Crippen LogP contribution in [-0.2, 0) is 17.1 Å². The number of rotatable bonds is 11. The van der Waals surface area contributed by atoms with Crippen LogP contribution in [0, 0.1) is 0 Å². The molecule has 0 unspecified atom stereocenters. The highest BCUT2D eigenvalue weighted by Crippen LogP contribution is 2.31. The molecule has 4 rings (SSSR count). The van der Waals surface area contributed by atoms with Gasteiger partial charge in [-0.1, -0.05) is 42.5 Å². The number of thiazole rings is 1. The lowest BCUT2D eigenvalue weighted by Gasteiger charge is -2.34. The van der Waals surface area contributed by atoms with E-state index in [0.29, 0.717) is 54.7 Å². The van der Waals surface area contributed by atoms with Gasteiger partial charge in [-0.15, -0.1) is 11.8 Å². The molecule has 1 saturated heterocycles. The Morgan fingerprint density at radius 2 is 1.75 bits per heavy atom. The highest BCUT2D eigenvalue weighted by Gasteiger charge is 2.23. The van der Waals surface area contributed by atoms with Crippen molar-refractivity contribution in [2.24, 2.45) is 0 Å². The van der Waals surface area contributed by atoms with E-state index in [9.17, 15) is 19.5 Å². The van der Waals surface area contributed by atoms with Crippen LogP contribution in [0.2, 0.25) is 0 Å². The molecular formula is C29H35N5O4S2. The smallest absolute Gasteiger partial charge is 0.257 e. The van der Waals surface area contributed by atoms with Crippen molar-refractivity contribution in [2.75, 3.05) is 38.1 Å². The monoisotopic (exact) mass is 581 g/mol. The molecule has 9 nitrogen and oxygen atoms in total. The highest BCUT2D eigenvalue weighted by molar-refractivity contribution is 8.00. The zero-order valence-corrected chi connectivity index (χ0v) is 24.4. The molecule has 11 heteroatoms. The first-order valence-electron chi connectivity index (χ1n) is 13.3. The molecule has 1 atom stereocenters. The molecule has 1 aliphatic heterocycles. The minimum atomic E-state index is -0.220. The van der Waals surface area contributed by atoms with Crippen LogP contribution in [-0.4, -0.2) is 76.4 Å². The number of nitrogens with zero attached hydrogens (tertiary/aromatic N) is 3. The van der Waals surface area contributed by atoms with E-state index in [-0.39, 0.29) is 30.4 Å². The van der Waals surface area contributed by atoms with Gasteiger partial charge in [0.25, 0.3) is 11.8 Å². The van der Waals surface area contributed by atoms with Gasteiger partial charge in [-0.2, -0.15) is 0 Å². The van der Waals surface area contributed by atoms with Gasteiger partial charge in [-0.3, -0.25) is 19.7 Å². The van der Waals surface area contributed by atoms with Crippen molar-refractivity contribution in [3.05, 3.63) is 77.0 Å². The number of anilines is 1. The zero-order valence-electron chi connectivity index (χ0n) is 22.8. The highest BCUT2D eigenvalue weighted by atomic mass is 32.2. The van der Waals surface area contributed by atoms with Crippen LogP contribution in [0.3, 0.4) is 0 Å². The van der Waals surface area contributed by atoms with Crippen LogP contribution in [0.25, 0.3) is 0 Å². The molecule has 0 spiro atoms. The Morgan fingerprint density at radius 1 is 1.02 bits per heavy atom. The third kappa shape index (κ3) is 8.14. The molecular weight excluding hydrogens is 546 g/mol. The third-order valence-corrected chi connectivity index (χ3v) is 8.97. The van der Waals surface area contributed by atoms with Gasteiger partial charge in [0.05, 0.1) is 17.0 Å². The Bertz CT molecular complexity index is 1300. The molecule has 0 bridgehead atoms. The second-order valence-corrected chi connectivity index (χ2v) is 11.9. The number of aromatic nitrogens is 1. The van der Waals surface area contributed by atoms with E-state index in [0.717, 1.165) is 21.8 Å². The largest absolute Gasteiger partial charge is 0.395 e. The third-order valence-electron chi connectivity index (χ3n) is 6.80. The van der Waals surface area contributed by atoms with Gasteiger partial charge < -0.3 is 20.2 Å². The summed E-state index contributed by atoms with van der Waals surface area (Å²) in [5.41, 5.74) is 3.26. The van der Waals surface area contributed by atoms with Crippen molar-refractivity contribution in [3.63, 3.8) is 0 Å². The molecule has 1 aromatic heterocycles. The normalized spacial score (nSPS) is 14.2. The Labute approximate surface area is 243 Å². The van der Waals surface area contributed by atoms with E-state index < -0.39 is 0 Å². The fourth-order valence-corrected chi connectivity index (χ4v) is 6.09. The Kier molecular flexibility index (Phi) is 10.7. The summed E-state index contributed by atoms with van der Waals surface area (Å²) < 4.78 is 0.961. The number of hydrogen-bond acceptors (Lipinski definition) is 8. The fraction of sp³-hybridized carbons (Fsp3) is 0.379. The number of hydrogen-bond donors (Lipinski definition) is 3. The summed E-state index contributed by atoms with van der Waals surface area (Å²) in [5, 5.41) is 16.0. The van der Waals surface area contributed by atoms with E-state index in [2.05, 4.69) is 15.6 Å². The van der Waals surface area contributed by atoms with E-state index in [1.807, 2.05) is 43.3 Å². The molecule has 1 aliphatic rings. The Hall–Kier alpha value is -3.25. The van der Waals surface area contributed by atoms with Gasteiger partial charge in [-0.25, -0.2) is 4.98 Å². The summed E-state index contributed by atoms with van der Waals surface area (Å²) in [6.45, 7) is 6.51. The number of amides is 3. The summed E-state index contributed by atoms with van der Waals surface area (Å²) in [4.78, 5) is 45.1. The van der Waals surface area contributed by atoms with Crippen molar-refractivity contribution in [3.8, 4) is 0 Å². The molecule has 40 heavy (non-hydrogen) atoms. The quantitative estimate of drug-likeness (QED) is 0.295. The van der Waals surface area contributed by atoms with Crippen LogP contribution in [0.15, 0.2) is 58.9 Å². The molecule has 2 aromatic carbocycles. The lowest BCUT2D eigenvalue weighted by Crippen LogP contribution is -2.50. The number of aliphatic hydroxyl groups excluding tert-OH is 1. The second kappa shape index (κ2) is 14.4. The molecule has 3 aromatic rings. The van der Waals surface area contributed by atoms with Crippen LogP contribution >= 0.6 is 23.1 Å². The molecule has 212 valence electrons. The predicted molar refractivity (Wildman–Crippen MR) is 159 cm³/mol. The maximum Gasteiger partial charge on any atom is 0.257 e. The van der Waals surface area contributed by atoms with Crippen molar-refractivity contribution in [1.29, 1.82) is 0 Å². The summed E-state index contributed by atoms with van der Waals surface area (Å²) in [6.07, 6.45) is 2.59. The van der Waals surface area contributed by atoms with Crippen molar-refractivity contribution in [1.82, 2.24) is 20.1 Å². The molecule has 1 fully saturated rings. The molecule has 0 aliphatic carbocycles. The number of aliphatic hydroxyl groups is 1. The lowest BCUT2D eigenvalue weighted by atomic mass is 10.1. The Morgan fingerprint density at radius 3 is 2.42 bits per heavy atom. The first-order chi connectivity index (χ1) is 19.4. The fourth-order valence-electron chi connectivity index (χ4n) is 4.28. The first kappa shape index (κ1) is 29.7. The summed E-state index contributed by atoms with van der Waals surface area (Å²) in [7, 11) is 0. The molecule has 3 N–H and O–H groups in total. The number of carbonyl (C=O) groups is 3. The maximum absolute atomic E-state index is 13.0. The minimum absolute atomic E-state index is 0.0162.